The van der Waals surface area contributed by atoms with E-state index in [2.05, 4.69) is 5.32 Å². The summed E-state index contributed by atoms with van der Waals surface area (Å²) >= 11 is 7.17. The van der Waals surface area contributed by atoms with Gasteiger partial charge in [-0.15, -0.1) is 11.8 Å². The van der Waals surface area contributed by atoms with Crippen LogP contribution in [0.25, 0.3) is 0 Å². The number of hydrogen-bond donors (Lipinski definition) is 1. The number of thioether (sulfide) groups is 1. The zero-order valence-electron chi connectivity index (χ0n) is 13.2. The average Bonchev–Trinajstić information content (AvgIpc) is 2.61. The highest BCUT2D eigenvalue weighted by Gasteiger charge is 2.29. The van der Waals surface area contributed by atoms with Gasteiger partial charge in [0.25, 0.3) is 0 Å². The fourth-order valence-electron chi connectivity index (χ4n) is 2.28. The molecule has 0 saturated carbocycles. The van der Waals surface area contributed by atoms with Gasteiger partial charge in [-0.2, -0.15) is 0 Å². The van der Waals surface area contributed by atoms with Gasteiger partial charge < -0.3 is 14.8 Å². The third-order valence-corrected chi connectivity index (χ3v) is 5.01. The van der Waals surface area contributed by atoms with E-state index in [4.69, 9.17) is 21.1 Å². The molecule has 0 radical (unpaired) electrons. The molecule has 0 saturated heterocycles. The van der Waals surface area contributed by atoms with Crippen LogP contribution in [0.5, 0.6) is 5.75 Å². The zero-order chi connectivity index (χ0) is 17.6. The van der Waals surface area contributed by atoms with Crippen molar-refractivity contribution in [1.29, 1.82) is 0 Å². The summed E-state index contributed by atoms with van der Waals surface area (Å²) in [5.41, 5.74) is 0.776. The number of hydrogen-bond acceptors (Lipinski definition) is 5. The van der Waals surface area contributed by atoms with E-state index in [-0.39, 0.29) is 25.5 Å². The summed E-state index contributed by atoms with van der Waals surface area (Å²) in [5, 5.41) is 2.95. The molecule has 1 N–H and O–H groups in total. The fourth-order valence-corrected chi connectivity index (χ4v) is 3.50. The molecule has 2 aromatic rings. The second kappa shape index (κ2) is 8.27. The highest BCUT2D eigenvalue weighted by atomic mass is 35.5. The van der Waals surface area contributed by atoms with Crippen LogP contribution in [-0.2, 0) is 14.3 Å². The number of rotatable bonds is 6. The number of amides is 1. The van der Waals surface area contributed by atoms with Crippen LogP contribution in [0.4, 0.5) is 5.69 Å². The second-order valence-corrected chi connectivity index (χ2v) is 7.00. The van der Waals surface area contributed by atoms with E-state index >= 15 is 0 Å². The maximum atomic E-state index is 12.1. The van der Waals surface area contributed by atoms with E-state index in [1.54, 1.807) is 24.3 Å². The average molecular weight is 378 g/mol. The normalized spacial score (nSPS) is 15.9. The summed E-state index contributed by atoms with van der Waals surface area (Å²) in [4.78, 5) is 24.9. The summed E-state index contributed by atoms with van der Waals surface area (Å²) < 4.78 is 10.6. The lowest BCUT2D eigenvalue weighted by atomic mass is 10.2. The Morgan fingerprint density at radius 1 is 1.12 bits per heavy atom. The molecule has 2 aromatic carbocycles. The van der Waals surface area contributed by atoms with Crippen molar-refractivity contribution in [3.63, 3.8) is 0 Å². The molecular weight excluding hydrogens is 362 g/mol. The monoisotopic (exact) mass is 377 g/mol. The predicted octanol–water partition coefficient (Wildman–Crippen LogP) is 3.77. The molecule has 0 unspecified atom stereocenters. The number of carbonyl (C=O) groups excluding carboxylic acids is 2. The van der Waals surface area contributed by atoms with Gasteiger partial charge in [-0.05, 0) is 36.4 Å². The van der Waals surface area contributed by atoms with Gasteiger partial charge in [0.1, 0.15) is 19.0 Å². The molecule has 1 aliphatic rings. The number of para-hydroxylation sites is 1. The number of anilines is 1. The summed E-state index contributed by atoms with van der Waals surface area (Å²) in [6, 6.07) is 14.4. The van der Waals surface area contributed by atoms with Crippen molar-refractivity contribution in [1.82, 2.24) is 0 Å². The molecule has 0 aliphatic carbocycles. The molecule has 3 rings (SSSR count). The predicted molar refractivity (Wildman–Crippen MR) is 97.2 cm³/mol. The first-order valence-corrected chi connectivity index (χ1v) is 8.98. The number of benzene rings is 2. The first kappa shape index (κ1) is 17.6. The molecule has 0 aromatic heterocycles. The van der Waals surface area contributed by atoms with E-state index in [1.807, 2.05) is 24.3 Å². The van der Waals surface area contributed by atoms with Crippen molar-refractivity contribution in [2.45, 2.75) is 16.6 Å². The van der Waals surface area contributed by atoms with Crippen LogP contribution in [0, 0.1) is 0 Å². The molecule has 1 heterocycles. The van der Waals surface area contributed by atoms with E-state index in [0.29, 0.717) is 10.8 Å². The molecule has 0 fully saturated rings. The van der Waals surface area contributed by atoms with Crippen molar-refractivity contribution in [2.75, 3.05) is 18.5 Å². The third kappa shape index (κ3) is 4.90. The van der Waals surface area contributed by atoms with E-state index < -0.39 is 11.2 Å². The van der Waals surface area contributed by atoms with Crippen molar-refractivity contribution in [3.8, 4) is 5.75 Å². The van der Waals surface area contributed by atoms with Gasteiger partial charge in [0.2, 0.25) is 5.91 Å². The molecule has 25 heavy (non-hydrogen) atoms. The van der Waals surface area contributed by atoms with E-state index in [9.17, 15) is 9.59 Å². The molecule has 0 spiro atoms. The summed E-state index contributed by atoms with van der Waals surface area (Å²) in [7, 11) is 0. The van der Waals surface area contributed by atoms with Gasteiger partial charge in [-0.25, -0.2) is 0 Å². The highest BCUT2D eigenvalue weighted by molar-refractivity contribution is 8.01. The maximum Gasteiger partial charge on any atom is 0.307 e. The van der Waals surface area contributed by atoms with Gasteiger partial charge in [0, 0.05) is 9.92 Å². The molecule has 1 amide bonds. The number of carbonyl (C=O) groups is 2. The lowest BCUT2D eigenvalue weighted by molar-refractivity contribution is -0.145. The minimum atomic E-state index is -0.486. The van der Waals surface area contributed by atoms with Crippen molar-refractivity contribution in [3.05, 3.63) is 53.6 Å². The van der Waals surface area contributed by atoms with E-state index in [0.717, 1.165) is 10.6 Å². The molecule has 0 bridgehead atoms. The smallest absolute Gasteiger partial charge is 0.307 e. The Hall–Kier alpha value is -2.18. The Bertz CT molecular complexity index is 766. The van der Waals surface area contributed by atoms with Crippen molar-refractivity contribution in [2.24, 2.45) is 0 Å². The zero-order valence-corrected chi connectivity index (χ0v) is 14.8. The van der Waals surface area contributed by atoms with Crippen LogP contribution in [0.3, 0.4) is 0 Å². The first-order chi connectivity index (χ1) is 12.1. The minimum absolute atomic E-state index is 0.0196. The third-order valence-electron chi connectivity index (χ3n) is 3.49. The molecule has 1 atom stereocenters. The maximum absolute atomic E-state index is 12.1. The number of nitrogens with one attached hydrogen (secondary N) is 1. The van der Waals surface area contributed by atoms with Gasteiger partial charge in [0.05, 0.1) is 17.4 Å². The Morgan fingerprint density at radius 3 is 2.68 bits per heavy atom. The van der Waals surface area contributed by atoms with Gasteiger partial charge in [-0.3, -0.25) is 9.59 Å². The Labute approximate surface area is 154 Å². The van der Waals surface area contributed by atoms with Crippen LogP contribution < -0.4 is 10.1 Å². The Kier molecular flexibility index (Phi) is 5.83. The second-order valence-electron chi connectivity index (χ2n) is 5.32. The van der Waals surface area contributed by atoms with Gasteiger partial charge in [-0.1, -0.05) is 23.7 Å². The van der Waals surface area contributed by atoms with Crippen LogP contribution in [0.1, 0.15) is 6.42 Å². The van der Waals surface area contributed by atoms with Crippen LogP contribution in [-0.4, -0.2) is 30.3 Å². The molecule has 5 nitrogen and oxygen atoms in total. The Balaban J connectivity index is 1.42. The van der Waals surface area contributed by atoms with Crippen LogP contribution in [0.15, 0.2) is 53.4 Å². The van der Waals surface area contributed by atoms with E-state index in [1.165, 1.54) is 11.8 Å². The SMILES string of the molecule is O=C(C[C@H]1Sc2ccccc2NC1=O)OCCOc1ccc(Cl)cc1. The molecular formula is C18H16ClNO4S. The first-order valence-electron chi connectivity index (χ1n) is 7.72. The quantitative estimate of drug-likeness (QED) is 0.613. The topological polar surface area (TPSA) is 64.6 Å². The van der Waals surface area contributed by atoms with Crippen molar-refractivity contribution >= 4 is 40.9 Å². The number of ether oxygens (including phenoxy) is 2. The fraction of sp³-hybridized carbons (Fsp3) is 0.222. The minimum Gasteiger partial charge on any atom is -0.490 e. The lowest BCUT2D eigenvalue weighted by Crippen LogP contribution is -2.31. The molecule has 7 heteroatoms. The largest absolute Gasteiger partial charge is 0.490 e. The number of halogens is 1. The van der Waals surface area contributed by atoms with Crippen LogP contribution >= 0.6 is 23.4 Å². The van der Waals surface area contributed by atoms with Gasteiger partial charge >= 0.3 is 5.97 Å². The molecule has 1 aliphatic heterocycles. The standard InChI is InChI=1S/C18H16ClNO4S/c19-12-5-7-13(8-6-12)23-9-10-24-17(21)11-16-18(22)20-14-3-1-2-4-15(14)25-16/h1-8,16H,9-11H2,(H,20,22)/t16-/m1/s1. The summed E-state index contributed by atoms with van der Waals surface area (Å²) in [6.45, 7) is 0.358. The summed E-state index contributed by atoms with van der Waals surface area (Å²) in [6.07, 6.45) is 0.0196. The van der Waals surface area contributed by atoms with Gasteiger partial charge in [0.15, 0.2) is 0 Å². The van der Waals surface area contributed by atoms with Crippen molar-refractivity contribution < 1.29 is 19.1 Å². The number of esters is 1. The Morgan fingerprint density at radius 2 is 1.88 bits per heavy atom. The summed E-state index contributed by atoms with van der Waals surface area (Å²) in [5.74, 6) is 0.0454. The van der Waals surface area contributed by atoms with Crippen LogP contribution in [0.2, 0.25) is 5.02 Å². The number of fused-ring (bicyclic) bond motifs is 1. The lowest BCUT2D eigenvalue weighted by Gasteiger charge is -2.23. The highest BCUT2D eigenvalue weighted by Crippen LogP contribution is 2.36. The molecule has 130 valence electrons.